The van der Waals surface area contributed by atoms with Gasteiger partial charge in [0, 0.05) is 17.3 Å². The summed E-state index contributed by atoms with van der Waals surface area (Å²) in [6.07, 6.45) is 1.66. The molecule has 4 heterocycles. The molecule has 0 saturated heterocycles. The van der Waals surface area contributed by atoms with E-state index in [1.165, 1.54) is 0 Å². The largest absolute Gasteiger partial charge is 0.454 e. The first-order chi connectivity index (χ1) is 16.8. The van der Waals surface area contributed by atoms with Crippen LogP contribution in [0.3, 0.4) is 0 Å². The first kappa shape index (κ1) is 22.5. The minimum absolute atomic E-state index is 0.113. The van der Waals surface area contributed by atoms with E-state index in [2.05, 4.69) is 29.9 Å². The summed E-state index contributed by atoms with van der Waals surface area (Å²) in [5, 5.41) is 7.81. The van der Waals surface area contributed by atoms with E-state index in [-0.39, 0.29) is 22.4 Å². The molecule has 0 spiro atoms. The molecule has 0 radical (unpaired) electrons. The fraction of sp³-hybridized carbons (Fsp3) is 0.160. The van der Waals surface area contributed by atoms with Crippen LogP contribution in [0.1, 0.15) is 29.7 Å². The highest BCUT2D eigenvalue weighted by Gasteiger charge is 2.21. The predicted octanol–water partition coefficient (Wildman–Crippen LogP) is 5.04. The Morgan fingerprint density at radius 1 is 1.11 bits per heavy atom. The molecule has 10 heteroatoms. The zero-order valence-corrected chi connectivity index (χ0v) is 19.8. The number of hydrogen-bond acceptors (Lipinski definition) is 8. The zero-order valence-electron chi connectivity index (χ0n) is 19.0. The molecule has 35 heavy (non-hydrogen) atoms. The van der Waals surface area contributed by atoms with E-state index in [4.69, 9.17) is 16.0 Å². The van der Waals surface area contributed by atoms with E-state index < -0.39 is 5.76 Å². The Kier molecular flexibility index (Phi) is 5.70. The molecule has 4 aromatic heterocycles. The molecule has 1 aromatic carbocycles. The Labute approximate surface area is 203 Å². The fourth-order valence-corrected chi connectivity index (χ4v) is 4.15. The standard InChI is InChI=1S/C25H20ClN5O4/c1-12-10-15(14(3)28-17-7-8-19(26)29-20(17)24-30-25(33)35-31-24)23-16(11-12)21(32)13(2)22(34-23)18-6-4-5-9-27-18/h4-11,14,28H,1-3H3,(H,30,31,33). The molecule has 0 aliphatic rings. The van der Waals surface area contributed by atoms with Crippen molar-refractivity contribution in [2.75, 3.05) is 5.32 Å². The second kappa shape index (κ2) is 8.84. The number of aromatic nitrogens is 4. The van der Waals surface area contributed by atoms with Crippen molar-refractivity contribution in [3.8, 4) is 23.0 Å². The van der Waals surface area contributed by atoms with Crippen LogP contribution in [0.2, 0.25) is 5.15 Å². The maximum absolute atomic E-state index is 13.3. The molecule has 1 unspecified atom stereocenters. The van der Waals surface area contributed by atoms with Gasteiger partial charge in [-0.05, 0) is 56.7 Å². The summed E-state index contributed by atoms with van der Waals surface area (Å²) in [6, 6.07) is 12.2. The number of aromatic amines is 1. The fourth-order valence-electron chi connectivity index (χ4n) is 4.01. The highest BCUT2D eigenvalue weighted by molar-refractivity contribution is 6.29. The van der Waals surface area contributed by atoms with Gasteiger partial charge in [0.2, 0.25) is 5.82 Å². The van der Waals surface area contributed by atoms with Gasteiger partial charge in [-0.1, -0.05) is 28.9 Å². The number of H-pyrrole nitrogens is 1. The van der Waals surface area contributed by atoms with Gasteiger partial charge in [0.1, 0.15) is 22.1 Å². The van der Waals surface area contributed by atoms with Crippen molar-refractivity contribution in [2.24, 2.45) is 0 Å². The first-order valence-electron chi connectivity index (χ1n) is 10.8. The van der Waals surface area contributed by atoms with Crippen LogP contribution in [0.5, 0.6) is 0 Å². The van der Waals surface area contributed by atoms with Crippen molar-refractivity contribution in [3.63, 3.8) is 0 Å². The lowest BCUT2D eigenvalue weighted by Crippen LogP contribution is -2.13. The number of fused-ring (bicyclic) bond motifs is 1. The van der Waals surface area contributed by atoms with Gasteiger partial charge in [0.05, 0.1) is 17.1 Å². The van der Waals surface area contributed by atoms with Gasteiger partial charge in [-0.2, -0.15) is 0 Å². The third-order valence-electron chi connectivity index (χ3n) is 5.65. The smallest absolute Gasteiger partial charge is 0.439 e. The minimum atomic E-state index is -0.704. The van der Waals surface area contributed by atoms with E-state index >= 15 is 0 Å². The number of nitrogens with zero attached hydrogens (tertiary/aromatic N) is 3. The average Bonchev–Trinajstić information content (AvgIpc) is 3.29. The summed E-state index contributed by atoms with van der Waals surface area (Å²) >= 11 is 6.09. The lowest BCUT2D eigenvalue weighted by molar-refractivity contribution is 0.388. The van der Waals surface area contributed by atoms with Gasteiger partial charge in [-0.15, -0.1) is 0 Å². The van der Waals surface area contributed by atoms with Crippen LogP contribution in [0.4, 0.5) is 5.69 Å². The van der Waals surface area contributed by atoms with Crippen molar-refractivity contribution < 1.29 is 8.94 Å². The van der Waals surface area contributed by atoms with Gasteiger partial charge in [0.25, 0.3) is 0 Å². The molecule has 176 valence electrons. The number of benzene rings is 1. The van der Waals surface area contributed by atoms with Crippen molar-refractivity contribution in [2.45, 2.75) is 26.8 Å². The Morgan fingerprint density at radius 2 is 1.94 bits per heavy atom. The molecule has 0 aliphatic carbocycles. The summed E-state index contributed by atoms with van der Waals surface area (Å²) in [4.78, 5) is 35.9. The normalized spacial score (nSPS) is 12.1. The SMILES string of the molecule is Cc1cc(C(C)Nc2ccc(Cl)nc2-c2noc(=O)[nH]2)c2oc(-c3ccccn3)c(C)c(=O)c2c1. The van der Waals surface area contributed by atoms with Crippen LogP contribution in [-0.2, 0) is 0 Å². The van der Waals surface area contributed by atoms with Crippen LogP contribution >= 0.6 is 11.6 Å². The molecule has 2 N–H and O–H groups in total. The Hall–Kier alpha value is -4.24. The number of aryl methyl sites for hydroxylation is 1. The first-order valence-corrected chi connectivity index (χ1v) is 11.2. The lowest BCUT2D eigenvalue weighted by atomic mass is 9.99. The highest BCUT2D eigenvalue weighted by atomic mass is 35.5. The Bertz CT molecular complexity index is 1670. The van der Waals surface area contributed by atoms with Crippen LogP contribution in [0, 0.1) is 13.8 Å². The van der Waals surface area contributed by atoms with E-state index in [1.54, 1.807) is 37.4 Å². The van der Waals surface area contributed by atoms with Crippen molar-refractivity contribution in [3.05, 3.63) is 91.3 Å². The molecule has 5 aromatic rings. The van der Waals surface area contributed by atoms with E-state index in [0.29, 0.717) is 39.4 Å². The van der Waals surface area contributed by atoms with E-state index in [9.17, 15) is 9.59 Å². The van der Waals surface area contributed by atoms with Crippen LogP contribution in [0.15, 0.2) is 67.2 Å². The summed E-state index contributed by atoms with van der Waals surface area (Å²) in [5.74, 6) is -0.139. The topological polar surface area (TPSA) is 127 Å². The quantitative estimate of drug-likeness (QED) is 0.329. The van der Waals surface area contributed by atoms with Crippen molar-refractivity contribution in [1.82, 2.24) is 20.1 Å². The van der Waals surface area contributed by atoms with Gasteiger partial charge < -0.3 is 9.73 Å². The van der Waals surface area contributed by atoms with Gasteiger partial charge in [0.15, 0.2) is 11.2 Å². The minimum Gasteiger partial charge on any atom is -0.454 e. The van der Waals surface area contributed by atoms with E-state index in [1.807, 2.05) is 32.0 Å². The maximum Gasteiger partial charge on any atom is 0.439 e. The monoisotopic (exact) mass is 489 g/mol. The molecule has 0 fully saturated rings. The van der Waals surface area contributed by atoms with Crippen LogP contribution < -0.4 is 16.5 Å². The third kappa shape index (κ3) is 4.22. The van der Waals surface area contributed by atoms with Gasteiger partial charge in [-0.3, -0.25) is 19.3 Å². The molecular weight excluding hydrogens is 470 g/mol. The second-order valence-electron chi connectivity index (χ2n) is 8.17. The van der Waals surface area contributed by atoms with Gasteiger partial charge >= 0.3 is 5.76 Å². The molecule has 0 amide bonds. The number of halogens is 1. The molecule has 0 aliphatic heterocycles. The molecule has 1 atom stereocenters. The number of rotatable bonds is 5. The third-order valence-corrected chi connectivity index (χ3v) is 5.86. The number of anilines is 1. The summed E-state index contributed by atoms with van der Waals surface area (Å²) in [7, 11) is 0. The number of pyridine rings is 2. The van der Waals surface area contributed by atoms with E-state index in [0.717, 1.165) is 11.1 Å². The van der Waals surface area contributed by atoms with Crippen LogP contribution in [0.25, 0.3) is 33.9 Å². The molecule has 9 nitrogen and oxygen atoms in total. The Balaban J connectivity index is 1.65. The molecular formula is C25H20ClN5O4. The average molecular weight is 490 g/mol. The van der Waals surface area contributed by atoms with Crippen LogP contribution in [-0.4, -0.2) is 20.1 Å². The lowest BCUT2D eigenvalue weighted by Gasteiger charge is -2.19. The maximum atomic E-state index is 13.3. The zero-order chi connectivity index (χ0) is 24.7. The summed E-state index contributed by atoms with van der Waals surface area (Å²) < 4.78 is 11.0. The molecule has 5 rings (SSSR count). The number of nitrogens with one attached hydrogen (secondary N) is 2. The summed E-state index contributed by atoms with van der Waals surface area (Å²) in [6.45, 7) is 5.59. The second-order valence-corrected chi connectivity index (χ2v) is 8.56. The molecule has 0 bridgehead atoms. The Morgan fingerprint density at radius 3 is 2.66 bits per heavy atom. The number of hydrogen-bond donors (Lipinski definition) is 2. The predicted molar refractivity (Wildman–Crippen MR) is 133 cm³/mol. The van der Waals surface area contributed by atoms with Gasteiger partial charge in [-0.25, -0.2) is 9.78 Å². The van der Waals surface area contributed by atoms with Crippen molar-refractivity contribution in [1.29, 1.82) is 0 Å². The molecule has 0 saturated carbocycles. The summed E-state index contributed by atoms with van der Waals surface area (Å²) in [5.41, 5.74) is 3.97. The highest BCUT2D eigenvalue weighted by Crippen LogP contribution is 2.33. The van der Waals surface area contributed by atoms with Crippen molar-refractivity contribution >= 4 is 28.3 Å².